The van der Waals surface area contributed by atoms with Gasteiger partial charge in [-0.1, -0.05) is 30.1 Å². The number of nitrogens with zero attached hydrogens (tertiary/aromatic N) is 1. The number of hydrogen-bond donors (Lipinski definition) is 1. The molecule has 0 spiro atoms. The standard InChI is InChI=1S/C13H18Cl2N2O/c1-3-10-7-18-8(2)6-17(10)13-11(14)4-9(16)5-12(13)15/h4-5,8,10H,3,6-7,16H2,1-2H3. The lowest BCUT2D eigenvalue weighted by Crippen LogP contribution is -2.49. The summed E-state index contributed by atoms with van der Waals surface area (Å²) in [5.41, 5.74) is 7.20. The Morgan fingerprint density at radius 1 is 1.39 bits per heavy atom. The summed E-state index contributed by atoms with van der Waals surface area (Å²) in [5.74, 6) is 0. The molecule has 1 heterocycles. The highest BCUT2D eigenvalue weighted by atomic mass is 35.5. The smallest absolute Gasteiger partial charge is 0.0750 e. The number of nitrogens with two attached hydrogens (primary N) is 1. The first-order chi connectivity index (χ1) is 8.52. The third-order valence-electron chi connectivity index (χ3n) is 3.27. The van der Waals surface area contributed by atoms with Crippen LogP contribution in [0, 0.1) is 0 Å². The van der Waals surface area contributed by atoms with Gasteiger partial charge >= 0.3 is 0 Å². The molecule has 1 aromatic carbocycles. The van der Waals surface area contributed by atoms with Crippen molar-refractivity contribution in [1.29, 1.82) is 0 Å². The summed E-state index contributed by atoms with van der Waals surface area (Å²) in [5, 5.41) is 1.21. The fraction of sp³-hybridized carbons (Fsp3) is 0.538. The highest BCUT2D eigenvalue weighted by Gasteiger charge is 2.28. The zero-order chi connectivity index (χ0) is 13.3. The van der Waals surface area contributed by atoms with Crippen molar-refractivity contribution in [1.82, 2.24) is 0 Å². The number of anilines is 2. The first-order valence-electron chi connectivity index (χ1n) is 6.15. The molecule has 1 aromatic rings. The van der Waals surface area contributed by atoms with Crippen LogP contribution in [-0.2, 0) is 4.74 Å². The normalized spacial score (nSPS) is 24.3. The quantitative estimate of drug-likeness (QED) is 0.846. The molecule has 0 saturated carbocycles. The van der Waals surface area contributed by atoms with Crippen LogP contribution in [0.5, 0.6) is 0 Å². The van der Waals surface area contributed by atoms with E-state index in [1.807, 2.05) is 0 Å². The molecule has 0 aliphatic carbocycles. The molecule has 3 nitrogen and oxygen atoms in total. The van der Waals surface area contributed by atoms with Crippen molar-refractivity contribution in [3.05, 3.63) is 22.2 Å². The fourth-order valence-corrected chi connectivity index (χ4v) is 3.04. The second-order valence-electron chi connectivity index (χ2n) is 4.69. The van der Waals surface area contributed by atoms with E-state index in [1.54, 1.807) is 12.1 Å². The summed E-state index contributed by atoms with van der Waals surface area (Å²) in [6.45, 7) is 5.69. The van der Waals surface area contributed by atoms with Crippen LogP contribution >= 0.6 is 23.2 Å². The number of rotatable bonds is 2. The van der Waals surface area contributed by atoms with Crippen molar-refractivity contribution >= 4 is 34.6 Å². The second kappa shape index (κ2) is 5.55. The molecule has 0 amide bonds. The number of hydrogen-bond acceptors (Lipinski definition) is 3. The predicted molar refractivity (Wildman–Crippen MR) is 77.7 cm³/mol. The van der Waals surface area contributed by atoms with E-state index in [9.17, 15) is 0 Å². The minimum atomic E-state index is 0.178. The van der Waals surface area contributed by atoms with Crippen LogP contribution in [0.15, 0.2) is 12.1 Å². The van der Waals surface area contributed by atoms with Crippen molar-refractivity contribution < 1.29 is 4.74 Å². The first kappa shape index (κ1) is 13.8. The number of benzene rings is 1. The van der Waals surface area contributed by atoms with Crippen LogP contribution in [0.4, 0.5) is 11.4 Å². The van der Waals surface area contributed by atoms with Gasteiger partial charge in [-0.15, -0.1) is 0 Å². The highest BCUT2D eigenvalue weighted by Crippen LogP contribution is 2.38. The zero-order valence-electron chi connectivity index (χ0n) is 10.6. The van der Waals surface area contributed by atoms with Crippen molar-refractivity contribution in [2.45, 2.75) is 32.4 Å². The Kier molecular flexibility index (Phi) is 4.25. The number of morpholine rings is 1. The molecular formula is C13H18Cl2N2O. The number of halogens is 2. The summed E-state index contributed by atoms with van der Waals surface area (Å²) < 4.78 is 5.68. The van der Waals surface area contributed by atoms with Gasteiger partial charge in [-0.2, -0.15) is 0 Å². The lowest BCUT2D eigenvalue weighted by Gasteiger charge is -2.40. The fourth-order valence-electron chi connectivity index (χ4n) is 2.32. The Hall–Kier alpha value is -0.640. The Labute approximate surface area is 118 Å². The van der Waals surface area contributed by atoms with Gasteiger partial charge in [0, 0.05) is 12.2 Å². The van der Waals surface area contributed by atoms with Crippen molar-refractivity contribution in [2.75, 3.05) is 23.8 Å². The summed E-state index contributed by atoms with van der Waals surface area (Å²) in [4.78, 5) is 2.23. The third-order valence-corrected chi connectivity index (χ3v) is 3.84. The highest BCUT2D eigenvalue weighted by molar-refractivity contribution is 6.39. The molecule has 18 heavy (non-hydrogen) atoms. The number of nitrogen functional groups attached to an aromatic ring is 1. The molecule has 0 bridgehead atoms. The van der Waals surface area contributed by atoms with Crippen molar-refractivity contribution in [3.8, 4) is 0 Å². The molecule has 2 rings (SSSR count). The van der Waals surface area contributed by atoms with Crippen LogP contribution in [0.1, 0.15) is 20.3 Å². The lowest BCUT2D eigenvalue weighted by molar-refractivity contribution is 0.0300. The van der Waals surface area contributed by atoms with E-state index in [2.05, 4.69) is 18.7 Å². The van der Waals surface area contributed by atoms with Gasteiger partial charge in [0.2, 0.25) is 0 Å². The Balaban J connectivity index is 2.39. The van der Waals surface area contributed by atoms with Gasteiger partial charge in [-0.25, -0.2) is 0 Å². The summed E-state index contributed by atoms with van der Waals surface area (Å²) in [6, 6.07) is 3.80. The van der Waals surface area contributed by atoms with E-state index in [1.165, 1.54) is 0 Å². The Morgan fingerprint density at radius 2 is 2.00 bits per heavy atom. The molecule has 1 fully saturated rings. The molecule has 1 aliphatic heterocycles. The van der Waals surface area contributed by atoms with Gasteiger partial charge in [-0.05, 0) is 25.5 Å². The van der Waals surface area contributed by atoms with E-state index in [0.717, 1.165) is 18.7 Å². The average molecular weight is 289 g/mol. The molecule has 2 N–H and O–H groups in total. The van der Waals surface area contributed by atoms with Gasteiger partial charge in [0.1, 0.15) is 0 Å². The number of ether oxygens (including phenoxy) is 1. The predicted octanol–water partition coefficient (Wildman–Crippen LogP) is 3.58. The van der Waals surface area contributed by atoms with Crippen molar-refractivity contribution in [2.24, 2.45) is 0 Å². The van der Waals surface area contributed by atoms with Gasteiger partial charge in [0.05, 0.1) is 34.5 Å². The second-order valence-corrected chi connectivity index (χ2v) is 5.51. The van der Waals surface area contributed by atoms with E-state index in [4.69, 9.17) is 33.7 Å². The van der Waals surface area contributed by atoms with E-state index < -0.39 is 0 Å². The Morgan fingerprint density at radius 3 is 2.56 bits per heavy atom. The molecule has 0 radical (unpaired) electrons. The largest absolute Gasteiger partial charge is 0.399 e. The van der Waals surface area contributed by atoms with E-state index in [-0.39, 0.29) is 6.10 Å². The van der Waals surface area contributed by atoms with Crippen LogP contribution < -0.4 is 10.6 Å². The SMILES string of the molecule is CCC1COC(C)CN1c1c(Cl)cc(N)cc1Cl. The van der Waals surface area contributed by atoms with Crippen LogP contribution in [0.3, 0.4) is 0 Å². The maximum atomic E-state index is 6.29. The summed E-state index contributed by atoms with van der Waals surface area (Å²) in [7, 11) is 0. The van der Waals surface area contributed by atoms with Crippen molar-refractivity contribution in [3.63, 3.8) is 0 Å². The molecule has 0 aromatic heterocycles. The summed E-state index contributed by atoms with van der Waals surface area (Å²) in [6.07, 6.45) is 1.17. The van der Waals surface area contributed by atoms with Gasteiger partial charge in [0.25, 0.3) is 0 Å². The van der Waals surface area contributed by atoms with Crippen LogP contribution in [0.2, 0.25) is 10.0 Å². The van der Waals surface area contributed by atoms with Gasteiger partial charge in [-0.3, -0.25) is 0 Å². The van der Waals surface area contributed by atoms with E-state index in [0.29, 0.717) is 28.4 Å². The minimum absolute atomic E-state index is 0.178. The van der Waals surface area contributed by atoms with Crippen LogP contribution in [0.25, 0.3) is 0 Å². The molecule has 2 atom stereocenters. The molecular weight excluding hydrogens is 271 g/mol. The first-order valence-corrected chi connectivity index (χ1v) is 6.91. The molecule has 100 valence electrons. The van der Waals surface area contributed by atoms with Crippen LogP contribution in [-0.4, -0.2) is 25.3 Å². The monoisotopic (exact) mass is 288 g/mol. The zero-order valence-corrected chi connectivity index (χ0v) is 12.1. The molecule has 1 saturated heterocycles. The Bertz CT molecular complexity index is 416. The summed E-state index contributed by atoms with van der Waals surface area (Å²) >= 11 is 12.6. The van der Waals surface area contributed by atoms with E-state index >= 15 is 0 Å². The topological polar surface area (TPSA) is 38.5 Å². The molecule has 2 unspecified atom stereocenters. The van der Waals surface area contributed by atoms with Gasteiger partial charge < -0.3 is 15.4 Å². The maximum absolute atomic E-state index is 6.29. The lowest BCUT2D eigenvalue weighted by atomic mass is 10.1. The minimum Gasteiger partial charge on any atom is -0.399 e. The third kappa shape index (κ3) is 2.68. The van der Waals surface area contributed by atoms with Gasteiger partial charge in [0.15, 0.2) is 0 Å². The molecule has 1 aliphatic rings. The average Bonchev–Trinajstić information content (AvgIpc) is 2.28. The maximum Gasteiger partial charge on any atom is 0.0750 e. The molecule has 5 heteroatoms.